The molecule has 0 saturated carbocycles. The van der Waals surface area contributed by atoms with Gasteiger partial charge in [-0.05, 0) is 37.5 Å². The molecule has 20 heavy (non-hydrogen) atoms. The lowest BCUT2D eigenvalue weighted by atomic mass is 10.0. The van der Waals surface area contributed by atoms with E-state index in [-0.39, 0.29) is 24.6 Å². The molecule has 2 N–H and O–H groups in total. The van der Waals surface area contributed by atoms with Crippen molar-refractivity contribution in [3.63, 3.8) is 0 Å². The second-order valence-corrected chi connectivity index (χ2v) is 5.40. The van der Waals surface area contributed by atoms with Crippen LogP contribution in [0.5, 0.6) is 0 Å². The number of aliphatic hydroxyl groups excluding tert-OH is 1. The first-order valence-electron chi connectivity index (χ1n) is 7.07. The van der Waals surface area contributed by atoms with Gasteiger partial charge < -0.3 is 15.0 Å². The van der Waals surface area contributed by atoms with E-state index in [1.165, 1.54) is 5.56 Å². The SMILES string of the molecule is CC(NC(C)C(C)CO)c1ccc(-n2ccnc2)cc1. The number of nitrogens with zero attached hydrogens (tertiary/aromatic N) is 2. The van der Waals surface area contributed by atoms with E-state index in [9.17, 15) is 5.11 Å². The molecule has 3 unspecified atom stereocenters. The third kappa shape index (κ3) is 3.46. The van der Waals surface area contributed by atoms with Crippen LogP contribution in [0.25, 0.3) is 5.69 Å². The van der Waals surface area contributed by atoms with E-state index in [0.29, 0.717) is 0 Å². The maximum Gasteiger partial charge on any atom is 0.0991 e. The van der Waals surface area contributed by atoms with Gasteiger partial charge in [0.2, 0.25) is 0 Å². The van der Waals surface area contributed by atoms with Crippen LogP contribution in [0, 0.1) is 5.92 Å². The van der Waals surface area contributed by atoms with E-state index in [2.05, 4.69) is 48.4 Å². The van der Waals surface area contributed by atoms with Crippen LogP contribution in [-0.4, -0.2) is 27.3 Å². The molecule has 0 aliphatic carbocycles. The number of hydrogen-bond acceptors (Lipinski definition) is 3. The second-order valence-electron chi connectivity index (χ2n) is 5.40. The first-order valence-corrected chi connectivity index (χ1v) is 7.07. The highest BCUT2D eigenvalue weighted by atomic mass is 16.3. The normalized spacial score (nSPS) is 15.8. The zero-order valence-corrected chi connectivity index (χ0v) is 12.3. The molecule has 0 amide bonds. The van der Waals surface area contributed by atoms with Gasteiger partial charge in [-0.3, -0.25) is 0 Å². The lowest BCUT2D eigenvalue weighted by molar-refractivity contribution is 0.202. The first-order chi connectivity index (χ1) is 9.61. The van der Waals surface area contributed by atoms with E-state index in [1.54, 1.807) is 12.5 Å². The van der Waals surface area contributed by atoms with Gasteiger partial charge in [-0.2, -0.15) is 0 Å². The molecular formula is C16H23N3O. The Bertz CT molecular complexity index is 507. The number of aliphatic hydroxyl groups is 1. The zero-order chi connectivity index (χ0) is 14.5. The number of rotatable bonds is 6. The monoisotopic (exact) mass is 273 g/mol. The molecular weight excluding hydrogens is 250 g/mol. The van der Waals surface area contributed by atoms with Crippen LogP contribution in [0.3, 0.4) is 0 Å². The summed E-state index contributed by atoms with van der Waals surface area (Å²) in [7, 11) is 0. The minimum atomic E-state index is 0.209. The summed E-state index contributed by atoms with van der Waals surface area (Å²) < 4.78 is 1.98. The van der Waals surface area contributed by atoms with Gasteiger partial charge in [0, 0.05) is 36.8 Å². The van der Waals surface area contributed by atoms with Gasteiger partial charge in [-0.1, -0.05) is 19.1 Å². The molecule has 0 bridgehead atoms. The third-order valence-corrected chi connectivity index (χ3v) is 3.85. The van der Waals surface area contributed by atoms with Crippen LogP contribution in [-0.2, 0) is 0 Å². The molecule has 3 atom stereocenters. The molecule has 1 aromatic heterocycles. The van der Waals surface area contributed by atoms with Crippen molar-refractivity contribution in [1.82, 2.24) is 14.9 Å². The Morgan fingerprint density at radius 2 is 1.90 bits per heavy atom. The standard InChI is InChI=1S/C16H23N3O/c1-12(10-20)13(2)18-14(3)15-4-6-16(7-5-15)19-9-8-17-11-19/h4-9,11-14,18,20H,10H2,1-3H3. The fourth-order valence-electron chi connectivity index (χ4n) is 2.16. The number of hydrogen-bond donors (Lipinski definition) is 2. The molecule has 4 heteroatoms. The van der Waals surface area contributed by atoms with Gasteiger partial charge >= 0.3 is 0 Å². The summed E-state index contributed by atoms with van der Waals surface area (Å²) in [6.45, 7) is 6.51. The molecule has 0 radical (unpaired) electrons. The van der Waals surface area contributed by atoms with Gasteiger partial charge in [-0.15, -0.1) is 0 Å². The van der Waals surface area contributed by atoms with Gasteiger partial charge in [0.25, 0.3) is 0 Å². The smallest absolute Gasteiger partial charge is 0.0991 e. The van der Waals surface area contributed by atoms with E-state index >= 15 is 0 Å². The Labute approximate surface area is 120 Å². The van der Waals surface area contributed by atoms with E-state index in [4.69, 9.17) is 0 Å². The quantitative estimate of drug-likeness (QED) is 0.850. The zero-order valence-electron chi connectivity index (χ0n) is 12.3. The van der Waals surface area contributed by atoms with Crippen LogP contribution >= 0.6 is 0 Å². The largest absolute Gasteiger partial charge is 0.396 e. The minimum absolute atomic E-state index is 0.209. The summed E-state index contributed by atoms with van der Waals surface area (Å²) in [6.07, 6.45) is 5.50. The molecule has 0 spiro atoms. The summed E-state index contributed by atoms with van der Waals surface area (Å²) in [6, 6.07) is 8.98. The average molecular weight is 273 g/mol. The average Bonchev–Trinajstić information content (AvgIpc) is 3.00. The molecule has 2 rings (SSSR count). The first kappa shape index (κ1) is 14.8. The molecule has 2 aromatic rings. The van der Waals surface area contributed by atoms with E-state index in [0.717, 1.165) is 5.69 Å². The minimum Gasteiger partial charge on any atom is -0.396 e. The van der Waals surface area contributed by atoms with Gasteiger partial charge in [0.05, 0.1) is 6.33 Å². The van der Waals surface area contributed by atoms with Crippen molar-refractivity contribution in [2.75, 3.05) is 6.61 Å². The van der Waals surface area contributed by atoms with Crippen molar-refractivity contribution in [3.05, 3.63) is 48.5 Å². The van der Waals surface area contributed by atoms with Gasteiger partial charge in [0.1, 0.15) is 0 Å². The topological polar surface area (TPSA) is 50.1 Å². The fourth-order valence-corrected chi connectivity index (χ4v) is 2.16. The molecule has 4 nitrogen and oxygen atoms in total. The molecule has 0 fully saturated rings. The molecule has 0 aliphatic rings. The summed E-state index contributed by atoms with van der Waals surface area (Å²) >= 11 is 0. The van der Waals surface area contributed by atoms with Crippen molar-refractivity contribution in [3.8, 4) is 5.69 Å². The number of nitrogens with one attached hydrogen (secondary N) is 1. The fraction of sp³-hybridized carbons (Fsp3) is 0.438. The molecule has 108 valence electrons. The van der Waals surface area contributed by atoms with Crippen LogP contribution in [0.4, 0.5) is 0 Å². The number of aromatic nitrogens is 2. The summed E-state index contributed by atoms with van der Waals surface area (Å²) in [4.78, 5) is 4.05. The van der Waals surface area contributed by atoms with Crippen molar-refractivity contribution in [2.24, 2.45) is 5.92 Å². The van der Waals surface area contributed by atoms with Crippen LogP contribution in [0.1, 0.15) is 32.4 Å². The van der Waals surface area contributed by atoms with Crippen LogP contribution < -0.4 is 5.32 Å². The summed E-state index contributed by atoms with van der Waals surface area (Å²) in [5.74, 6) is 0.252. The maximum absolute atomic E-state index is 9.18. The lowest BCUT2D eigenvalue weighted by Gasteiger charge is -2.24. The van der Waals surface area contributed by atoms with Crippen molar-refractivity contribution in [2.45, 2.75) is 32.9 Å². The molecule has 1 aromatic carbocycles. The second kappa shape index (κ2) is 6.68. The molecule has 0 saturated heterocycles. The Balaban J connectivity index is 2.02. The Morgan fingerprint density at radius 1 is 1.20 bits per heavy atom. The predicted octanol–water partition coefficient (Wildman–Crippen LogP) is 2.54. The van der Waals surface area contributed by atoms with Gasteiger partial charge in [0.15, 0.2) is 0 Å². The highest BCUT2D eigenvalue weighted by Gasteiger charge is 2.14. The maximum atomic E-state index is 9.18. The van der Waals surface area contributed by atoms with Crippen molar-refractivity contribution < 1.29 is 5.11 Å². The Morgan fingerprint density at radius 3 is 2.45 bits per heavy atom. The Kier molecular flexibility index (Phi) is 4.93. The summed E-state index contributed by atoms with van der Waals surface area (Å²) in [5, 5.41) is 12.7. The Hall–Kier alpha value is -1.65. The van der Waals surface area contributed by atoms with E-state index in [1.807, 2.05) is 17.7 Å². The van der Waals surface area contributed by atoms with Crippen LogP contribution in [0.15, 0.2) is 43.0 Å². The van der Waals surface area contributed by atoms with Gasteiger partial charge in [-0.25, -0.2) is 4.98 Å². The van der Waals surface area contributed by atoms with Crippen LogP contribution in [0.2, 0.25) is 0 Å². The van der Waals surface area contributed by atoms with Crippen molar-refractivity contribution >= 4 is 0 Å². The predicted molar refractivity (Wildman–Crippen MR) is 80.8 cm³/mol. The van der Waals surface area contributed by atoms with Crippen molar-refractivity contribution in [1.29, 1.82) is 0 Å². The van der Waals surface area contributed by atoms with E-state index < -0.39 is 0 Å². The highest BCUT2D eigenvalue weighted by molar-refractivity contribution is 5.35. The lowest BCUT2D eigenvalue weighted by Crippen LogP contribution is -2.35. The number of benzene rings is 1. The number of imidazole rings is 1. The highest BCUT2D eigenvalue weighted by Crippen LogP contribution is 2.17. The molecule has 0 aliphatic heterocycles. The summed E-state index contributed by atoms with van der Waals surface area (Å²) in [5.41, 5.74) is 2.35. The molecule has 1 heterocycles. The third-order valence-electron chi connectivity index (χ3n) is 3.85.